The molecule has 6 N–H and O–H groups in total. The Hall–Kier alpha value is -3.28. The maximum atomic E-state index is 12.7. The van der Waals surface area contributed by atoms with Gasteiger partial charge in [0.25, 0.3) is 0 Å². The fourth-order valence-electron chi connectivity index (χ4n) is 5.02. The summed E-state index contributed by atoms with van der Waals surface area (Å²) < 4.78 is 1.44. The Kier molecular flexibility index (Phi) is 8.49. The summed E-state index contributed by atoms with van der Waals surface area (Å²) in [6, 6.07) is 9.79. The van der Waals surface area contributed by atoms with E-state index in [2.05, 4.69) is 22.5 Å². The molecule has 1 aromatic heterocycles. The Labute approximate surface area is 223 Å². The van der Waals surface area contributed by atoms with E-state index in [9.17, 15) is 14.4 Å². The SMILES string of the molecule is CC1C[C@@H](NCc2ccc(-n3ccc(NC(=O)N4CCN(C(=O)C(C)(C)N)CC4)nc3=O)cc2)CC[C@@H]1N. The second-order valence-electron chi connectivity index (χ2n) is 11.1. The van der Waals surface area contributed by atoms with E-state index in [1.165, 1.54) is 4.57 Å². The topological polar surface area (TPSA) is 152 Å². The fraction of sp³-hybridized carbons (Fsp3) is 0.556. The summed E-state index contributed by atoms with van der Waals surface area (Å²) in [4.78, 5) is 45.0. The average molecular weight is 525 g/mol. The van der Waals surface area contributed by atoms with E-state index in [0.29, 0.717) is 49.9 Å². The van der Waals surface area contributed by atoms with Crippen LogP contribution in [0, 0.1) is 5.92 Å². The van der Waals surface area contributed by atoms with Gasteiger partial charge in [0, 0.05) is 51.0 Å². The van der Waals surface area contributed by atoms with E-state index in [1.54, 1.807) is 35.9 Å². The maximum Gasteiger partial charge on any atom is 0.354 e. The molecule has 1 saturated heterocycles. The highest BCUT2D eigenvalue weighted by Gasteiger charge is 2.31. The average Bonchev–Trinajstić information content (AvgIpc) is 2.89. The first-order valence-corrected chi connectivity index (χ1v) is 13.3. The van der Waals surface area contributed by atoms with Crippen molar-refractivity contribution in [3.8, 4) is 5.69 Å². The van der Waals surface area contributed by atoms with Crippen LogP contribution in [0.3, 0.4) is 0 Å². The Balaban J connectivity index is 1.29. The number of carbonyl (C=O) groups is 2. The molecule has 11 heteroatoms. The minimum Gasteiger partial charge on any atom is -0.338 e. The third-order valence-corrected chi connectivity index (χ3v) is 7.49. The van der Waals surface area contributed by atoms with Crippen LogP contribution in [0.15, 0.2) is 41.3 Å². The third-order valence-electron chi connectivity index (χ3n) is 7.49. The van der Waals surface area contributed by atoms with E-state index in [-0.39, 0.29) is 17.8 Å². The summed E-state index contributed by atoms with van der Waals surface area (Å²) in [6.07, 6.45) is 4.83. The molecule has 3 atom stereocenters. The number of nitrogens with zero attached hydrogens (tertiary/aromatic N) is 4. The standard InChI is InChI=1S/C27H40N8O3/c1-18-16-20(6-9-22(18)28)30-17-19-4-7-21(8-5-19)35-11-10-23(32-26(35)38)31-25(37)34-14-12-33(13-15-34)24(36)27(2,3)29/h4-5,7-8,10-11,18,20,22,30H,6,9,12-17,28-29H2,1-3H3,(H,31,32,37,38)/t18?,20-,22-/m0/s1. The van der Waals surface area contributed by atoms with Crippen molar-refractivity contribution in [2.45, 2.75) is 64.2 Å². The highest BCUT2D eigenvalue weighted by molar-refractivity contribution is 5.89. The van der Waals surface area contributed by atoms with Crippen LogP contribution in [0.25, 0.3) is 5.69 Å². The van der Waals surface area contributed by atoms with Gasteiger partial charge in [0.2, 0.25) is 5.91 Å². The molecule has 1 saturated carbocycles. The lowest BCUT2D eigenvalue weighted by Gasteiger charge is -2.37. The van der Waals surface area contributed by atoms with Crippen molar-refractivity contribution in [3.05, 3.63) is 52.6 Å². The van der Waals surface area contributed by atoms with Gasteiger partial charge in [0.1, 0.15) is 5.82 Å². The van der Waals surface area contributed by atoms with Gasteiger partial charge in [0.15, 0.2) is 0 Å². The minimum absolute atomic E-state index is 0.142. The summed E-state index contributed by atoms with van der Waals surface area (Å²) in [6.45, 7) is 7.87. The van der Waals surface area contributed by atoms with Crippen LogP contribution < -0.4 is 27.8 Å². The molecule has 1 aromatic carbocycles. The molecule has 206 valence electrons. The molecule has 2 aromatic rings. The number of anilines is 1. The van der Waals surface area contributed by atoms with Gasteiger partial charge in [-0.1, -0.05) is 19.1 Å². The number of benzene rings is 1. The van der Waals surface area contributed by atoms with Crippen molar-refractivity contribution >= 4 is 17.8 Å². The Morgan fingerprint density at radius 1 is 1.05 bits per heavy atom. The highest BCUT2D eigenvalue weighted by atomic mass is 16.2. The van der Waals surface area contributed by atoms with Crippen LogP contribution >= 0.6 is 0 Å². The largest absolute Gasteiger partial charge is 0.354 e. The normalized spacial score (nSPS) is 22.3. The molecule has 2 fully saturated rings. The van der Waals surface area contributed by atoms with Crippen molar-refractivity contribution in [1.29, 1.82) is 0 Å². The van der Waals surface area contributed by atoms with Crippen molar-refractivity contribution < 1.29 is 9.59 Å². The highest BCUT2D eigenvalue weighted by Crippen LogP contribution is 2.23. The zero-order valence-electron chi connectivity index (χ0n) is 22.5. The first kappa shape index (κ1) is 27.7. The van der Waals surface area contributed by atoms with Gasteiger partial charge in [-0.25, -0.2) is 9.59 Å². The van der Waals surface area contributed by atoms with Crippen LogP contribution in [0.4, 0.5) is 10.6 Å². The molecule has 3 amide bonds. The lowest BCUT2D eigenvalue weighted by molar-refractivity contribution is -0.137. The number of urea groups is 1. The molecule has 38 heavy (non-hydrogen) atoms. The second-order valence-corrected chi connectivity index (χ2v) is 11.1. The second kappa shape index (κ2) is 11.6. The summed E-state index contributed by atoms with van der Waals surface area (Å²) in [5, 5.41) is 6.31. The van der Waals surface area contributed by atoms with E-state index < -0.39 is 11.2 Å². The van der Waals surface area contributed by atoms with Crippen molar-refractivity contribution in [2.75, 3.05) is 31.5 Å². The molecule has 0 spiro atoms. The fourth-order valence-corrected chi connectivity index (χ4v) is 5.02. The number of rotatable bonds is 6. The molecule has 1 unspecified atom stereocenters. The third kappa shape index (κ3) is 6.77. The summed E-state index contributed by atoms with van der Waals surface area (Å²) in [5.41, 5.74) is 12.4. The number of hydrogen-bond acceptors (Lipinski definition) is 7. The van der Waals surface area contributed by atoms with Crippen LogP contribution in [0.2, 0.25) is 0 Å². The van der Waals surface area contributed by atoms with Gasteiger partial charge in [-0.3, -0.25) is 14.7 Å². The zero-order chi connectivity index (χ0) is 27.4. The van der Waals surface area contributed by atoms with Gasteiger partial charge in [-0.05, 0) is 62.8 Å². The van der Waals surface area contributed by atoms with Gasteiger partial charge >= 0.3 is 11.7 Å². The van der Waals surface area contributed by atoms with Crippen molar-refractivity contribution in [2.24, 2.45) is 17.4 Å². The first-order valence-electron chi connectivity index (χ1n) is 13.3. The monoisotopic (exact) mass is 524 g/mol. The molecule has 0 radical (unpaired) electrons. The smallest absolute Gasteiger partial charge is 0.338 e. The van der Waals surface area contributed by atoms with Gasteiger partial charge in [-0.2, -0.15) is 4.98 Å². The van der Waals surface area contributed by atoms with Gasteiger partial charge in [0.05, 0.1) is 11.2 Å². The zero-order valence-corrected chi connectivity index (χ0v) is 22.5. The minimum atomic E-state index is -0.946. The van der Waals surface area contributed by atoms with Crippen LogP contribution in [0.5, 0.6) is 0 Å². The number of amides is 3. The lowest BCUT2D eigenvalue weighted by Crippen LogP contribution is -2.58. The summed E-state index contributed by atoms with van der Waals surface area (Å²) in [5.74, 6) is 0.567. The van der Waals surface area contributed by atoms with Crippen molar-refractivity contribution in [1.82, 2.24) is 24.7 Å². The molecule has 11 nitrogen and oxygen atoms in total. The molecular formula is C27H40N8O3. The van der Waals surface area contributed by atoms with E-state index in [0.717, 1.165) is 31.4 Å². The molecule has 2 heterocycles. The van der Waals surface area contributed by atoms with Crippen molar-refractivity contribution in [3.63, 3.8) is 0 Å². The molecule has 2 aliphatic rings. The maximum absolute atomic E-state index is 12.7. The van der Waals surface area contributed by atoms with E-state index in [1.807, 2.05) is 24.3 Å². The Morgan fingerprint density at radius 3 is 2.32 bits per heavy atom. The number of aromatic nitrogens is 2. The van der Waals surface area contributed by atoms with Crippen LogP contribution in [-0.4, -0.2) is 75.1 Å². The molecule has 0 bridgehead atoms. The molecule has 1 aliphatic heterocycles. The van der Waals surface area contributed by atoms with E-state index >= 15 is 0 Å². The quantitative estimate of drug-likeness (QED) is 0.444. The van der Waals surface area contributed by atoms with Gasteiger partial charge < -0.3 is 26.6 Å². The van der Waals surface area contributed by atoms with E-state index in [4.69, 9.17) is 11.5 Å². The number of nitrogens with one attached hydrogen (secondary N) is 2. The predicted molar refractivity (Wildman–Crippen MR) is 147 cm³/mol. The molecule has 4 rings (SSSR count). The molecule has 1 aliphatic carbocycles. The number of nitrogens with two attached hydrogens (primary N) is 2. The van der Waals surface area contributed by atoms with Crippen LogP contribution in [-0.2, 0) is 11.3 Å². The van der Waals surface area contributed by atoms with Crippen LogP contribution in [0.1, 0.15) is 45.6 Å². The number of piperazine rings is 1. The number of carbonyl (C=O) groups excluding carboxylic acids is 2. The molecular weight excluding hydrogens is 484 g/mol. The summed E-state index contributed by atoms with van der Waals surface area (Å²) >= 11 is 0. The first-order chi connectivity index (χ1) is 18.0. The lowest BCUT2D eigenvalue weighted by atomic mass is 9.83. The Morgan fingerprint density at radius 2 is 1.71 bits per heavy atom. The van der Waals surface area contributed by atoms with Gasteiger partial charge in [-0.15, -0.1) is 0 Å². The Bertz CT molecular complexity index is 1180. The summed E-state index contributed by atoms with van der Waals surface area (Å²) in [7, 11) is 0. The predicted octanol–water partition coefficient (Wildman–Crippen LogP) is 1.25. The number of hydrogen-bond donors (Lipinski definition) is 4.